The molecular formula is C15H20N2. The van der Waals surface area contributed by atoms with Crippen LogP contribution in [0.5, 0.6) is 0 Å². The fraction of sp³-hybridized carbons (Fsp3) is 0.333. The Labute approximate surface area is 104 Å². The highest BCUT2D eigenvalue weighted by atomic mass is 14.6. The molecule has 0 fully saturated rings. The number of aromatic nitrogens is 1. The average molecular weight is 228 g/mol. The van der Waals surface area contributed by atoms with Crippen molar-refractivity contribution in [2.45, 2.75) is 26.2 Å². The number of hydrogen-bond acceptors (Lipinski definition) is 2. The zero-order valence-electron chi connectivity index (χ0n) is 10.6. The van der Waals surface area contributed by atoms with Crippen LogP contribution < -0.4 is 0 Å². The van der Waals surface area contributed by atoms with Crippen molar-refractivity contribution < 1.29 is 0 Å². The molecule has 0 bridgehead atoms. The van der Waals surface area contributed by atoms with E-state index in [0.29, 0.717) is 0 Å². The van der Waals surface area contributed by atoms with Crippen LogP contribution in [0.1, 0.15) is 25.3 Å². The molecule has 0 aliphatic carbocycles. The number of aryl methyl sites for hydroxylation is 1. The number of rotatable bonds is 6. The van der Waals surface area contributed by atoms with E-state index in [0.717, 1.165) is 19.3 Å². The van der Waals surface area contributed by atoms with Gasteiger partial charge in [0, 0.05) is 25.7 Å². The molecule has 90 valence electrons. The summed E-state index contributed by atoms with van der Waals surface area (Å²) in [7, 11) is 1.79. The molecule has 0 atom stereocenters. The van der Waals surface area contributed by atoms with Crippen molar-refractivity contribution in [1.29, 1.82) is 0 Å². The van der Waals surface area contributed by atoms with Crippen LogP contribution in [-0.2, 0) is 6.42 Å². The van der Waals surface area contributed by atoms with E-state index in [1.165, 1.54) is 11.1 Å². The monoisotopic (exact) mass is 228 g/mol. The fourth-order valence-electron chi connectivity index (χ4n) is 1.65. The molecule has 0 unspecified atom stereocenters. The van der Waals surface area contributed by atoms with E-state index in [-0.39, 0.29) is 0 Å². The van der Waals surface area contributed by atoms with E-state index >= 15 is 0 Å². The van der Waals surface area contributed by atoms with Crippen molar-refractivity contribution in [3.05, 3.63) is 53.9 Å². The highest BCUT2D eigenvalue weighted by molar-refractivity contribution is 5.72. The minimum absolute atomic E-state index is 1.08. The summed E-state index contributed by atoms with van der Waals surface area (Å²) in [6.45, 7) is 2.04. The molecule has 0 aromatic carbocycles. The third kappa shape index (κ3) is 5.81. The van der Waals surface area contributed by atoms with Gasteiger partial charge >= 0.3 is 0 Å². The predicted octanol–water partition coefficient (Wildman–Crippen LogP) is 3.61. The normalized spacial score (nSPS) is 12.7. The maximum absolute atomic E-state index is 4.02. The number of aliphatic imine (C=N–C) groups is 1. The summed E-state index contributed by atoms with van der Waals surface area (Å²) in [5.41, 5.74) is 2.68. The molecule has 0 saturated heterocycles. The van der Waals surface area contributed by atoms with Crippen LogP contribution in [0.15, 0.2) is 53.3 Å². The van der Waals surface area contributed by atoms with Gasteiger partial charge in [-0.05, 0) is 55.5 Å². The summed E-state index contributed by atoms with van der Waals surface area (Å²) in [6.07, 6.45) is 15.2. The Morgan fingerprint density at radius 3 is 2.76 bits per heavy atom. The number of pyridine rings is 1. The van der Waals surface area contributed by atoms with Crippen molar-refractivity contribution in [2.24, 2.45) is 4.99 Å². The Morgan fingerprint density at radius 2 is 2.12 bits per heavy atom. The number of hydrogen-bond donors (Lipinski definition) is 0. The van der Waals surface area contributed by atoms with Crippen LogP contribution in [0.4, 0.5) is 0 Å². The van der Waals surface area contributed by atoms with Gasteiger partial charge in [-0.25, -0.2) is 0 Å². The topological polar surface area (TPSA) is 25.2 Å². The Bertz CT molecular complexity index is 389. The van der Waals surface area contributed by atoms with E-state index in [9.17, 15) is 0 Å². The maximum atomic E-state index is 4.02. The molecule has 17 heavy (non-hydrogen) atoms. The summed E-state index contributed by atoms with van der Waals surface area (Å²) < 4.78 is 0. The van der Waals surface area contributed by atoms with Crippen LogP contribution in [-0.4, -0.2) is 18.2 Å². The minimum Gasteiger partial charge on any atom is -0.297 e. The standard InChI is InChI=1S/C15H20N2/c1-3-5-14(8-11-16-2)6-4-7-15-9-12-17-13-10-15/h3,5,8-13H,4,6-7H2,1-2H3/b5-3-,14-8+,16-11?. The predicted molar refractivity (Wildman–Crippen MR) is 74.5 cm³/mol. The van der Waals surface area contributed by atoms with Gasteiger partial charge in [-0.1, -0.05) is 12.2 Å². The molecule has 0 N–H and O–H groups in total. The van der Waals surface area contributed by atoms with Gasteiger partial charge in [0.05, 0.1) is 0 Å². The minimum atomic E-state index is 1.08. The zero-order valence-corrected chi connectivity index (χ0v) is 10.6. The molecule has 1 rings (SSSR count). The summed E-state index contributed by atoms with van der Waals surface area (Å²) in [6, 6.07) is 4.15. The zero-order chi connectivity index (χ0) is 12.3. The van der Waals surface area contributed by atoms with E-state index in [2.05, 4.69) is 40.3 Å². The van der Waals surface area contributed by atoms with Gasteiger partial charge in [-0.3, -0.25) is 9.98 Å². The molecule has 0 aliphatic rings. The Hall–Kier alpha value is -1.70. The first-order valence-electron chi connectivity index (χ1n) is 5.99. The lowest BCUT2D eigenvalue weighted by atomic mass is 10.0. The second-order valence-electron chi connectivity index (χ2n) is 3.86. The van der Waals surface area contributed by atoms with Crippen LogP contribution in [0.3, 0.4) is 0 Å². The first kappa shape index (κ1) is 13.4. The van der Waals surface area contributed by atoms with Crippen LogP contribution in [0, 0.1) is 0 Å². The molecule has 0 spiro atoms. The molecule has 0 amide bonds. The number of allylic oxidation sites excluding steroid dienone is 4. The maximum Gasteiger partial charge on any atom is 0.0277 e. The summed E-state index contributed by atoms with van der Waals surface area (Å²) in [4.78, 5) is 8.00. The molecule has 2 nitrogen and oxygen atoms in total. The lowest BCUT2D eigenvalue weighted by molar-refractivity contribution is 0.823. The SMILES string of the molecule is C/C=C\C(=C/C=NC)CCCc1ccncc1. The third-order valence-electron chi connectivity index (χ3n) is 2.50. The van der Waals surface area contributed by atoms with Crippen molar-refractivity contribution in [2.75, 3.05) is 7.05 Å². The first-order chi connectivity index (χ1) is 8.36. The van der Waals surface area contributed by atoms with E-state index in [1.54, 1.807) is 7.05 Å². The van der Waals surface area contributed by atoms with Gasteiger partial charge in [0.1, 0.15) is 0 Å². The van der Waals surface area contributed by atoms with E-state index in [1.807, 2.05) is 25.5 Å². The molecule has 1 heterocycles. The van der Waals surface area contributed by atoms with Gasteiger partial charge in [0.25, 0.3) is 0 Å². The van der Waals surface area contributed by atoms with Gasteiger partial charge < -0.3 is 0 Å². The van der Waals surface area contributed by atoms with Crippen LogP contribution in [0.25, 0.3) is 0 Å². The van der Waals surface area contributed by atoms with Crippen LogP contribution >= 0.6 is 0 Å². The number of nitrogens with zero attached hydrogens (tertiary/aromatic N) is 2. The second kappa shape index (κ2) is 8.45. The average Bonchev–Trinajstić information content (AvgIpc) is 2.37. The van der Waals surface area contributed by atoms with E-state index in [4.69, 9.17) is 0 Å². The second-order valence-corrected chi connectivity index (χ2v) is 3.86. The molecule has 0 saturated carbocycles. The van der Waals surface area contributed by atoms with E-state index < -0.39 is 0 Å². The third-order valence-corrected chi connectivity index (χ3v) is 2.50. The van der Waals surface area contributed by atoms with Gasteiger partial charge in [-0.15, -0.1) is 0 Å². The quantitative estimate of drug-likeness (QED) is 0.539. The molecule has 0 aliphatic heterocycles. The molecule has 1 aromatic heterocycles. The highest BCUT2D eigenvalue weighted by Crippen LogP contribution is 2.10. The highest BCUT2D eigenvalue weighted by Gasteiger charge is 1.95. The molecule has 2 heteroatoms. The summed E-state index contributed by atoms with van der Waals surface area (Å²) in [5, 5.41) is 0. The van der Waals surface area contributed by atoms with Crippen LogP contribution in [0.2, 0.25) is 0 Å². The van der Waals surface area contributed by atoms with Gasteiger partial charge in [-0.2, -0.15) is 0 Å². The van der Waals surface area contributed by atoms with Crippen molar-refractivity contribution in [3.63, 3.8) is 0 Å². The smallest absolute Gasteiger partial charge is 0.0277 e. The lowest BCUT2D eigenvalue weighted by Gasteiger charge is -2.02. The lowest BCUT2D eigenvalue weighted by Crippen LogP contribution is -1.88. The fourth-order valence-corrected chi connectivity index (χ4v) is 1.65. The van der Waals surface area contributed by atoms with Crippen molar-refractivity contribution in [1.82, 2.24) is 4.98 Å². The Balaban J connectivity index is 2.43. The van der Waals surface area contributed by atoms with Crippen molar-refractivity contribution >= 4 is 6.21 Å². The molecule has 1 aromatic rings. The largest absolute Gasteiger partial charge is 0.297 e. The Morgan fingerprint density at radius 1 is 1.35 bits per heavy atom. The first-order valence-corrected chi connectivity index (χ1v) is 5.99. The van der Waals surface area contributed by atoms with Crippen molar-refractivity contribution in [3.8, 4) is 0 Å². The Kier molecular flexibility index (Phi) is 6.64. The van der Waals surface area contributed by atoms with Gasteiger partial charge in [0.15, 0.2) is 0 Å². The summed E-state index contributed by atoms with van der Waals surface area (Å²) in [5.74, 6) is 0. The molecular weight excluding hydrogens is 208 g/mol. The van der Waals surface area contributed by atoms with Gasteiger partial charge in [0.2, 0.25) is 0 Å². The summed E-state index contributed by atoms with van der Waals surface area (Å²) >= 11 is 0. The molecule has 0 radical (unpaired) electrons.